The molecule has 1 aromatic carbocycles. The standard InChI is InChI=1S/C15H19N5O6/c1-24-9-4-7(5-10(25-2)12(9)26-3)8(6-20(22)23)11-13(16)18-15(17)19-14(11)21/h4-5,8H,6H2,1-3H3,(H5,16,17,18,19,21). The van der Waals surface area contributed by atoms with E-state index in [4.69, 9.17) is 25.7 Å². The highest BCUT2D eigenvalue weighted by atomic mass is 16.6. The topological polar surface area (TPSA) is 169 Å². The number of nitrogens with two attached hydrogens (primary N) is 2. The monoisotopic (exact) mass is 365 g/mol. The maximum absolute atomic E-state index is 12.3. The Hall–Kier alpha value is -3.50. The van der Waals surface area contributed by atoms with E-state index in [0.29, 0.717) is 11.3 Å². The molecular formula is C15H19N5O6. The van der Waals surface area contributed by atoms with Crippen molar-refractivity contribution >= 4 is 11.8 Å². The van der Waals surface area contributed by atoms with E-state index in [0.717, 1.165) is 0 Å². The number of ether oxygens (including phenoxy) is 3. The van der Waals surface area contributed by atoms with Crippen LogP contribution in [0.15, 0.2) is 16.9 Å². The summed E-state index contributed by atoms with van der Waals surface area (Å²) < 4.78 is 15.8. The van der Waals surface area contributed by atoms with Crippen LogP contribution in [-0.4, -0.2) is 42.8 Å². The lowest BCUT2D eigenvalue weighted by Crippen LogP contribution is -2.26. The van der Waals surface area contributed by atoms with Crippen molar-refractivity contribution < 1.29 is 19.1 Å². The summed E-state index contributed by atoms with van der Waals surface area (Å²) in [6.45, 7) is -0.600. The van der Waals surface area contributed by atoms with E-state index in [2.05, 4.69) is 9.97 Å². The SMILES string of the molecule is COc1cc(C(C[N+](=O)[O-])c2c(N)nc(N)[nH]c2=O)cc(OC)c1OC. The Labute approximate surface area is 148 Å². The van der Waals surface area contributed by atoms with Gasteiger partial charge < -0.3 is 25.7 Å². The summed E-state index contributed by atoms with van der Waals surface area (Å²) in [5, 5.41) is 11.2. The van der Waals surface area contributed by atoms with Gasteiger partial charge in [0.1, 0.15) is 5.82 Å². The van der Waals surface area contributed by atoms with Crippen LogP contribution in [0.3, 0.4) is 0 Å². The summed E-state index contributed by atoms with van der Waals surface area (Å²) in [5.74, 6) is -0.485. The number of nitrogens with one attached hydrogen (secondary N) is 1. The molecule has 0 spiro atoms. The molecule has 0 aliphatic heterocycles. The highest BCUT2D eigenvalue weighted by Gasteiger charge is 2.29. The molecule has 0 saturated heterocycles. The lowest BCUT2D eigenvalue weighted by molar-refractivity contribution is -0.481. The van der Waals surface area contributed by atoms with Crippen molar-refractivity contribution in [2.75, 3.05) is 39.3 Å². The van der Waals surface area contributed by atoms with E-state index in [-0.39, 0.29) is 28.8 Å². The number of methoxy groups -OCH3 is 3. The largest absolute Gasteiger partial charge is 0.493 e. The molecule has 5 N–H and O–H groups in total. The lowest BCUT2D eigenvalue weighted by atomic mass is 9.91. The summed E-state index contributed by atoms with van der Waals surface area (Å²) in [5.41, 5.74) is 10.9. The van der Waals surface area contributed by atoms with Gasteiger partial charge in [-0.1, -0.05) is 0 Å². The first-order chi connectivity index (χ1) is 12.3. The molecule has 1 atom stereocenters. The molecule has 0 fully saturated rings. The molecule has 140 valence electrons. The van der Waals surface area contributed by atoms with Crippen LogP contribution >= 0.6 is 0 Å². The van der Waals surface area contributed by atoms with E-state index in [1.54, 1.807) is 0 Å². The van der Waals surface area contributed by atoms with Crippen molar-refractivity contribution in [1.29, 1.82) is 0 Å². The van der Waals surface area contributed by atoms with Gasteiger partial charge in [-0.3, -0.25) is 19.9 Å². The molecule has 0 radical (unpaired) electrons. The second kappa shape index (κ2) is 7.59. The molecule has 2 rings (SSSR count). The maximum Gasteiger partial charge on any atom is 0.258 e. The number of benzene rings is 1. The molecule has 0 saturated carbocycles. The van der Waals surface area contributed by atoms with Gasteiger partial charge in [0.15, 0.2) is 11.5 Å². The molecule has 0 aliphatic rings. The van der Waals surface area contributed by atoms with E-state index >= 15 is 0 Å². The Balaban J connectivity index is 2.73. The molecule has 11 heteroatoms. The van der Waals surface area contributed by atoms with Crippen molar-refractivity contribution in [2.24, 2.45) is 0 Å². The van der Waals surface area contributed by atoms with E-state index in [1.807, 2.05) is 0 Å². The third-order valence-corrected chi connectivity index (χ3v) is 3.77. The van der Waals surface area contributed by atoms with Gasteiger partial charge in [-0.05, 0) is 17.7 Å². The fourth-order valence-corrected chi connectivity index (χ4v) is 2.67. The molecule has 2 aromatic rings. The predicted molar refractivity (Wildman–Crippen MR) is 93.5 cm³/mol. The van der Waals surface area contributed by atoms with Gasteiger partial charge >= 0.3 is 0 Å². The highest BCUT2D eigenvalue weighted by molar-refractivity contribution is 5.57. The van der Waals surface area contributed by atoms with Crippen molar-refractivity contribution in [3.63, 3.8) is 0 Å². The molecule has 1 aromatic heterocycles. The highest BCUT2D eigenvalue weighted by Crippen LogP contribution is 2.41. The van der Waals surface area contributed by atoms with Gasteiger partial charge in [0.25, 0.3) is 5.56 Å². The Morgan fingerprint density at radius 3 is 2.19 bits per heavy atom. The van der Waals surface area contributed by atoms with E-state index < -0.39 is 22.9 Å². The zero-order valence-corrected chi connectivity index (χ0v) is 14.4. The molecular weight excluding hydrogens is 346 g/mol. The Morgan fingerprint density at radius 2 is 1.77 bits per heavy atom. The maximum atomic E-state index is 12.3. The first-order valence-corrected chi connectivity index (χ1v) is 7.39. The molecule has 1 heterocycles. The zero-order valence-electron chi connectivity index (χ0n) is 14.4. The quantitative estimate of drug-likeness (QED) is 0.463. The summed E-state index contributed by atoms with van der Waals surface area (Å²) >= 11 is 0. The average molecular weight is 365 g/mol. The van der Waals surface area contributed by atoms with Crippen LogP contribution in [0.25, 0.3) is 0 Å². The number of nitrogen functional groups attached to an aromatic ring is 2. The summed E-state index contributed by atoms with van der Waals surface area (Å²) in [6.07, 6.45) is 0. The third kappa shape index (κ3) is 3.61. The number of nitro groups is 1. The fourth-order valence-electron chi connectivity index (χ4n) is 2.67. The number of aromatic nitrogens is 2. The summed E-state index contributed by atoms with van der Waals surface area (Å²) in [4.78, 5) is 29.1. The first kappa shape index (κ1) is 18.8. The zero-order chi connectivity index (χ0) is 19.4. The van der Waals surface area contributed by atoms with Gasteiger partial charge in [0.2, 0.25) is 18.2 Å². The van der Waals surface area contributed by atoms with E-state index in [9.17, 15) is 14.9 Å². The van der Waals surface area contributed by atoms with Crippen LogP contribution in [0.1, 0.15) is 17.0 Å². The normalized spacial score (nSPS) is 11.7. The minimum Gasteiger partial charge on any atom is -0.493 e. The van der Waals surface area contributed by atoms with Gasteiger partial charge in [0.05, 0.1) is 32.8 Å². The molecule has 26 heavy (non-hydrogen) atoms. The van der Waals surface area contributed by atoms with Crippen LogP contribution < -0.4 is 31.2 Å². The van der Waals surface area contributed by atoms with Crippen molar-refractivity contribution in [3.8, 4) is 17.2 Å². The lowest BCUT2D eigenvalue weighted by Gasteiger charge is -2.19. The Morgan fingerprint density at radius 1 is 1.19 bits per heavy atom. The number of rotatable bonds is 7. The molecule has 11 nitrogen and oxygen atoms in total. The molecule has 0 amide bonds. The van der Waals surface area contributed by atoms with Crippen LogP contribution in [0.2, 0.25) is 0 Å². The van der Waals surface area contributed by atoms with Gasteiger partial charge in [0, 0.05) is 4.92 Å². The van der Waals surface area contributed by atoms with Gasteiger partial charge in [-0.2, -0.15) is 4.98 Å². The Bertz CT molecular complexity index is 856. The number of anilines is 2. The fraction of sp³-hybridized carbons (Fsp3) is 0.333. The van der Waals surface area contributed by atoms with Gasteiger partial charge in [-0.25, -0.2) is 0 Å². The first-order valence-electron chi connectivity index (χ1n) is 7.39. The van der Waals surface area contributed by atoms with Crippen LogP contribution in [0.5, 0.6) is 17.2 Å². The minimum atomic E-state index is -1.00. The van der Waals surface area contributed by atoms with Gasteiger partial charge in [-0.15, -0.1) is 0 Å². The number of H-pyrrole nitrogens is 1. The number of aromatic amines is 1. The molecule has 0 bridgehead atoms. The van der Waals surface area contributed by atoms with Crippen molar-refractivity contribution in [2.45, 2.75) is 5.92 Å². The predicted octanol–water partition coefficient (Wildman–Crippen LogP) is 0.369. The smallest absolute Gasteiger partial charge is 0.258 e. The average Bonchev–Trinajstić information content (AvgIpc) is 2.58. The van der Waals surface area contributed by atoms with Crippen LogP contribution in [0.4, 0.5) is 11.8 Å². The number of nitrogens with zero attached hydrogens (tertiary/aromatic N) is 2. The van der Waals surface area contributed by atoms with E-state index in [1.165, 1.54) is 33.5 Å². The summed E-state index contributed by atoms with van der Waals surface area (Å²) in [7, 11) is 4.26. The number of hydrogen-bond acceptors (Lipinski definition) is 9. The number of hydrogen-bond donors (Lipinski definition) is 3. The third-order valence-electron chi connectivity index (χ3n) is 3.77. The molecule has 1 unspecified atom stereocenters. The molecule has 0 aliphatic carbocycles. The second-order valence-corrected chi connectivity index (χ2v) is 5.28. The minimum absolute atomic E-state index is 0.0647. The summed E-state index contributed by atoms with van der Waals surface area (Å²) in [6, 6.07) is 3.04. The van der Waals surface area contributed by atoms with Crippen molar-refractivity contribution in [3.05, 3.63) is 43.7 Å². The Kier molecular flexibility index (Phi) is 5.50. The van der Waals surface area contributed by atoms with Crippen LogP contribution in [-0.2, 0) is 0 Å². The van der Waals surface area contributed by atoms with Crippen molar-refractivity contribution in [1.82, 2.24) is 9.97 Å². The van der Waals surface area contributed by atoms with Crippen LogP contribution in [0, 0.1) is 10.1 Å². The second-order valence-electron chi connectivity index (χ2n) is 5.28.